The van der Waals surface area contributed by atoms with Crippen LogP contribution in [0.3, 0.4) is 0 Å². The second-order valence-electron chi connectivity index (χ2n) is 10.5. The predicted octanol–water partition coefficient (Wildman–Crippen LogP) is 7.05. The van der Waals surface area contributed by atoms with Gasteiger partial charge in [-0.1, -0.05) is 29.4 Å². The van der Waals surface area contributed by atoms with Crippen LogP contribution in [0.15, 0.2) is 102 Å². The summed E-state index contributed by atoms with van der Waals surface area (Å²) in [4.78, 5) is 21.7. The number of methoxy groups -OCH3 is 2. The van der Waals surface area contributed by atoms with Crippen LogP contribution in [0.2, 0.25) is 0 Å². The van der Waals surface area contributed by atoms with Gasteiger partial charge in [-0.2, -0.15) is 15.0 Å². The van der Waals surface area contributed by atoms with Gasteiger partial charge in [0.05, 0.1) is 19.9 Å². The molecular weight excluding hydrogens is 568 g/mol. The zero-order valence-electron chi connectivity index (χ0n) is 25.5. The van der Waals surface area contributed by atoms with Gasteiger partial charge >= 0.3 is 0 Å². The van der Waals surface area contributed by atoms with Crippen LogP contribution in [0, 0.1) is 0 Å². The van der Waals surface area contributed by atoms with E-state index in [0.717, 1.165) is 51.1 Å². The molecule has 6 rings (SSSR count). The first-order valence-corrected chi connectivity index (χ1v) is 14.4. The van der Waals surface area contributed by atoms with Gasteiger partial charge in [0.2, 0.25) is 17.8 Å². The minimum atomic E-state index is -0.104. The molecule has 45 heavy (non-hydrogen) atoms. The van der Waals surface area contributed by atoms with Crippen LogP contribution >= 0.6 is 0 Å². The number of benzene rings is 4. The Morgan fingerprint density at radius 2 is 1.07 bits per heavy atom. The first-order chi connectivity index (χ1) is 21.9. The lowest BCUT2D eigenvalue weighted by Crippen LogP contribution is -2.08. The van der Waals surface area contributed by atoms with E-state index in [-0.39, 0.29) is 6.10 Å². The molecule has 0 amide bonds. The lowest BCUT2D eigenvalue weighted by molar-refractivity contribution is 0.0857. The molecule has 2 heterocycles. The van der Waals surface area contributed by atoms with Crippen molar-refractivity contribution in [1.82, 2.24) is 15.0 Å². The number of ether oxygens (including phenoxy) is 2. The first-order valence-electron chi connectivity index (χ1n) is 14.4. The summed E-state index contributed by atoms with van der Waals surface area (Å²) in [5.41, 5.74) is 6.56. The molecule has 0 aliphatic carbocycles. The summed E-state index contributed by atoms with van der Waals surface area (Å²) in [6.45, 7) is 0. The summed E-state index contributed by atoms with van der Waals surface area (Å²) in [6.07, 6.45) is 0.593. The molecule has 0 spiro atoms. The molecule has 1 unspecified atom stereocenters. The molecule has 5 aromatic rings. The van der Waals surface area contributed by atoms with E-state index < -0.39 is 0 Å². The first kappa shape index (κ1) is 29.2. The monoisotopic (exact) mass is 602 g/mol. The van der Waals surface area contributed by atoms with Gasteiger partial charge in [-0.05, 0) is 83.9 Å². The third-order valence-electron chi connectivity index (χ3n) is 7.25. The number of hydrogen-bond donors (Lipinski definition) is 3. The summed E-state index contributed by atoms with van der Waals surface area (Å²) in [7, 11) is 7.32. The zero-order valence-corrected chi connectivity index (χ0v) is 25.5. The molecule has 228 valence electrons. The lowest BCUT2D eigenvalue weighted by atomic mass is 10.00. The average Bonchev–Trinajstić information content (AvgIpc) is 3.56. The third-order valence-corrected chi connectivity index (χ3v) is 7.25. The summed E-state index contributed by atoms with van der Waals surface area (Å²) >= 11 is 0. The Hall–Kier alpha value is -5.84. The fourth-order valence-corrected chi connectivity index (χ4v) is 4.74. The summed E-state index contributed by atoms with van der Waals surface area (Å²) in [5, 5.41) is 14.2. The molecule has 0 fully saturated rings. The quantitative estimate of drug-likeness (QED) is 0.145. The highest BCUT2D eigenvalue weighted by molar-refractivity contribution is 6.01. The smallest absolute Gasteiger partial charge is 0.233 e. The van der Waals surface area contributed by atoms with Crippen molar-refractivity contribution in [2.24, 2.45) is 5.16 Å². The molecule has 11 nitrogen and oxygen atoms in total. The van der Waals surface area contributed by atoms with Crippen molar-refractivity contribution in [3.8, 4) is 11.5 Å². The van der Waals surface area contributed by atoms with Crippen molar-refractivity contribution in [3.05, 3.63) is 108 Å². The van der Waals surface area contributed by atoms with Crippen LogP contribution in [0.1, 0.15) is 23.7 Å². The van der Waals surface area contributed by atoms with E-state index >= 15 is 0 Å². The molecule has 0 bridgehead atoms. The fourth-order valence-electron chi connectivity index (χ4n) is 4.74. The van der Waals surface area contributed by atoms with Gasteiger partial charge in [0.1, 0.15) is 11.5 Å². The molecule has 0 radical (unpaired) electrons. The van der Waals surface area contributed by atoms with Crippen molar-refractivity contribution < 1.29 is 14.3 Å². The second kappa shape index (κ2) is 13.2. The van der Waals surface area contributed by atoms with Gasteiger partial charge in [-0.25, -0.2) is 0 Å². The standard InChI is InChI=1S/C34H34N8O3/c1-42(2)27-15-7-23(8-16-27)31-21-30(41-45-31)22-5-9-24(10-6-22)35-32-38-33(36-25-11-17-28(43-3)18-12-25)40-34(39-32)37-26-13-19-29(44-4)20-14-26/h5-20,31H,21H2,1-4H3,(H3,35,36,37,38,39,40). The zero-order chi connectivity index (χ0) is 31.2. The van der Waals surface area contributed by atoms with Crippen molar-refractivity contribution in [2.75, 3.05) is 49.2 Å². The number of hydrogen-bond acceptors (Lipinski definition) is 11. The average molecular weight is 603 g/mol. The van der Waals surface area contributed by atoms with Crippen LogP contribution in [0.5, 0.6) is 11.5 Å². The van der Waals surface area contributed by atoms with E-state index in [1.807, 2.05) is 86.9 Å². The van der Waals surface area contributed by atoms with Crippen LogP contribution in [0.4, 0.5) is 40.6 Å². The number of oxime groups is 1. The largest absolute Gasteiger partial charge is 0.497 e. The summed E-state index contributed by atoms with van der Waals surface area (Å²) < 4.78 is 10.5. The molecule has 1 aromatic heterocycles. The van der Waals surface area contributed by atoms with Gasteiger partial charge in [0.25, 0.3) is 0 Å². The van der Waals surface area contributed by atoms with E-state index in [1.54, 1.807) is 14.2 Å². The molecule has 1 aliphatic heterocycles. The molecule has 1 aliphatic rings. The van der Waals surface area contributed by atoms with Crippen LogP contribution in [-0.2, 0) is 4.84 Å². The van der Waals surface area contributed by atoms with Crippen molar-refractivity contribution in [1.29, 1.82) is 0 Å². The van der Waals surface area contributed by atoms with Gasteiger partial charge in [0.15, 0.2) is 6.10 Å². The topological polar surface area (TPSA) is 118 Å². The molecule has 11 heteroatoms. The number of nitrogens with zero attached hydrogens (tertiary/aromatic N) is 5. The highest BCUT2D eigenvalue weighted by atomic mass is 16.6. The Balaban J connectivity index is 1.17. The third kappa shape index (κ3) is 7.21. The molecular formula is C34H34N8O3. The minimum absolute atomic E-state index is 0.104. The van der Waals surface area contributed by atoms with Gasteiger partial charge in [0, 0.05) is 43.3 Å². The highest BCUT2D eigenvalue weighted by Gasteiger charge is 2.24. The van der Waals surface area contributed by atoms with Gasteiger partial charge < -0.3 is 35.2 Å². The van der Waals surface area contributed by atoms with E-state index in [9.17, 15) is 0 Å². The molecule has 3 N–H and O–H groups in total. The Kier molecular flexibility index (Phi) is 8.58. The predicted molar refractivity (Wildman–Crippen MR) is 178 cm³/mol. The molecule has 4 aromatic carbocycles. The normalized spacial score (nSPS) is 13.8. The molecule has 0 saturated carbocycles. The Labute approximate surface area is 261 Å². The lowest BCUT2D eigenvalue weighted by Gasteiger charge is -2.14. The number of aromatic nitrogens is 3. The van der Waals surface area contributed by atoms with E-state index in [1.165, 1.54) is 0 Å². The number of anilines is 7. The summed E-state index contributed by atoms with van der Waals surface area (Å²) in [6, 6.07) is 31.4. The SMILES string of the molecule is COc1ccc(Nc2nc(Nc3ccc(OC)cc3)nc(Nc3ccc(C4=NOC(c5ccc(N(C)C)cc5)C4)cc3)n2)cc1. The fraction of sp³-hybridized carbons (Fsp3) is 0.176. The number of rotatable bonds is 11. The Bertz CT molecular complexity index is 1690. The van der Waals surface area contributed by atoms with Gasteiger partial charge in [-0.15, -0.1) is 0 Å². The molecule has 0 saturated heterocycles. The maximum absolute atomic E-state index is 5.79. The van der Waals surface area contributed by atoms with Crippen molar-refractivity contribution in [3.63, 3.8) is 0 Å². The van der Waals surface area contributed by atoms with Crippen LogP contribution < -0.4 is 30.3 Å². The highest BCUT2D eigenvalue weighted by Crippen LogP contribution is 2.31. The van der Waals surface area contributed by atoms with Crippen LogP contribution in [-0.4, -0.2) is 49.0 Å². The Morgan fingerprint density at radius 3 is 1.49 bits per heavy atom. The van der Waals surface area contributed by atoms with Crippen molar-refractivity contribution in [2.45, 2.75) is 12.5 Å². The van der Waals surface area contributed by atoms with Crippen LogP contribution in [0.25, 0.3) is 0 Å². The van der Waals surface area contributed by atoms with E-state index in [2.05, 4.69) is 65.2 Å². The summed E-state index contributed by atoms with van der Waals surface area (Å²) in [5.74, 6) is 2.62. The maximum Gasteiger partial charge on any atom is 0.233 e. The molecule has 1 atom stereocenters. The van der Waals surface area contributed by atoms with E-state index in [0.29, 0.717) is 24.3 Å². The van der Waals surface area contributed by atoms with Crippen molar-refractivity contribution >= 4 is 46.3 Å². The number of nitrogens with one attached hydrogen (secondary N) is 3. The maximum atomic E-state index is 5.79. The van der Waals surface area contributed by atoms with Gasteiger partial charge in [-0.3, -0.25) is 0 Å². The van der Waals surface area contributed by atoms with E-state index in [4.69, 9.17) is 14.3 Å². The Morgan fingerprint density at radius 1 is 0.622 bits per heavy atom. The minimum Gasteiger partial charge on any atom is -0.497 e. The second-order valence-corrected chi connectivity index (χ2v) is 10.5.